The minimum absolute atomic E-state index is 0.308. The van der Waals surface area contributed by atoms with Gasteiger partial charge in [-0.25, -0.2) is 0 Å². The molecule has 2 aromatic rings. The Morgan fingerprint density at radius 1 is 1.18 bits per heavy atom. The van der Waals surface area contributed by atoms with Crippen molar-refractivity contribution in [2.45, 2.75) is 31.8 Å². The zero-order chi connectivity index (χ0) is 19.8. The highest BCUT2D eigenvalue weighted by molar-refractivity contribution is 5.79. The van der Waals surface area contributed by atoms with Gasteiger partial charge in [-0.15, -0.1) is 0 Å². The van der Waals surface area contributed by atoms with Crippen molar-refractivity contribution in [3.05, 3.63) is 47.8 Å². The van der Waals surface area contributed by atoms with Crippen molar-refractivity contribution in [3.8, 4) is 5.75 Å². The van der Waals surface area contributed by atoms with Crippen LogP contribution in [0.4, 0.5) is 0 Å². The maximum absolute atomic E-state index is 5.32. The molecule has 7 heteroatoms. The molecule has 7 nitrogen and oxygen atoms in total. The summed E-state index contributed by atoms with van der Waals surface area (Å²) in [6.45, 7) is 3.78. The van der Waals surface area contributed by atoms with Gasteiger partial charge in [0.25, 0.3) is 0 Å². The van der Waals surface area contributed by atoms with Gasteiger partial charge in [-0.1, -0.05) is 18.6 Å². The lowest BCUT2D eigenvalue weighted by Crippen LogP contribution is -2.44. The fourth-order valence-corrected chi connectivity index (χ4v) is 3.68. The zero-order valence-corrected chi connectivity index (χ0v) is 17.2. The van der Waals surface area contributed by atoms with Crippen molar-refractivity contribution in [2.24, 2.45) is 12.0 Å². The second-order valence-electron chi connectivity index (χ2n) is 7.21. The van der Waals surface area contributed by atoms with E-state index in [1.165, 1.54) is 24.8 Å². The summed E-state index contributed by atoms with van der Waals surface area (Å²) in [5.74, 6) is 1.70. The fraction of sp³-hybridized carbons (Fsp3) is 0.524. The Kier molecular flexibility index (Phi) is 7.31. The number of aryl methyl sites for hydroxylation is 1. The van der Waals surface area contributed by atoms with Crippen LogP contribution in [0.15, 0.2) is 41.7 Å². The molecule has 1 aromatic heterocycles. The smallest absolute Gasteiger partial charge is 0.191 e. The summed E-state index contributed by atoms with van der Waals surface area (Å²) in [7, 11) is 5.44. The largest absolute Gasteiger partial charge is 0.497 e. The van der Waals surface area contributed by atoms with Gasteiger partial charge in [0.15, 0.2) is 5.96 Å². The van der Waals surface area contributed by atoms with E-state index in [2.05, 4.69) is 37.8 Å². The van der Waals surface area contributed by atoms with Crippen LogP contribution in [0.5, 0.6) is 5.75 Å². The Labute approximate surface area is 167 Å². The first-order valence-electron chi connectivity index (χ1n) is 9.99. The van der Waals surface area contributed by atoms with Crippen molar-refractivity contribution < 1.29 is 4.74 Å². The lowest BCUT2D eigenvalue weighted by molar-refractivity contribution is 0.164. The van der Waals surface area contributed by atoms with Gasteiger partial charge in [-0.2, -0.15) is 5.10 Å². The molecule has 1 fully saturated rings. The van der Waals surface area contributed by atoms with Gasteiger partial charge in [0.05, 0.1) is 19.3 Å². The third kappa shape index (κ3) is 5.48. The van der Waals surface area contributed by atoms with Crippen LogP contribution in [0.3, 0.4) is 0 Å². The number of methoxy groups -OCH3 is 1. The number of nitrogens with one attached hydrogen (secondary N) is 2. The van der Waals surface area contributed by atoms with Crippen LogP contribution in [0.25, 0.3) is 0 Å². The third-order valence-corrected chi connectivity index (χ3v) is 5.24. The molecule has 1 aliphatic rings. The van der Waals surface area contributed by atoms with Gasteiger partial charge < -0.3 is 15.4 Å². The van der Waals surface area contributed by atoms with Gasteiger partial charge in [-0.3, -0.25) is 14.6 Å². The highest BCUT2D eigenvalue weighted by Crippen LogP contribution is 2.25. The van der Waals surface area contributed by atoms with Crippen molar-refractivity contribution in [1.82, 2.24) is 25.3 Å². The van der Waals surface area contributed by atoms with E-state index >= 15 is 0 Å². The van der Waals surface area contributed by atoms with Gasteiger partial charge in [0, 0.05) is 38.9 Å². The summed E-state index contributed by atoms with van der Waals surface area (Å²) in [6, 6.07) is 8.74. The van der Waals surface area contributed by atoms with Crippen LogP contribution in [0.2, 0.25) is 0 Å². The molecule has 152 valence electrons. The summed E-state index contributed by atoms with van der Waals surface area (Å²) in [6.07, 6.45) is 7.73. The minimum Gasteiger partial charge on any atom is -0.497 e. The number of likely N-dealkylation sites (tertiary alicyclic amines) is 1. The molecule has 0 amide bonds. The van der Waals surface area contributed by atoms with Crippen LogP contribution in [0, 0.1) is 0 Å². The second-order valence-corrected chi connectivity index (χ2v) is 7.21. The lowest BCUT2D eigenvalue weighted by atomic mass is 10.0. The molecule has 3 rings (SSSR count). The summed E-state index contributed by atoms with van der Waals surface area (Å²) in [5.41, 5.74) is 2.44. The molecule has 0 saturated carbocycles. The monoisotopic (exact) mass is 384 g/mol. The minimum atomic E-state index is 0.308. The van der Waals surface area contributed by atoms with E-state index in [9.17, 15) is 0 Å². The number of hydrogen-bond acceptors (Lipinski definition) is 4. The van der Waals surface area contributed by atoms with Crippen molar-refractivity contribution in [2.75, 3.05) is 33.8 Å². The van der Waals surface area contributed by atoms with E-state index < -0.39 is 0 Å². The average molecular weight is 385 g/mol. The van der Waals surface area contributed by atoms with Gasteiger partial charge >= 0.3 is 0 Å². The number of ether oxygens (including phenoxy) is 1. The van der Waals surface area contributed by atoms with Gasteiger partial charge in [0.2, 0.25) is 0 Å². The maximum Gasteiger partial charge on any atom is 0.191 e. The molecule has 1 atom stereocenters. The fourth-order valence-electron chi connectivity index (χ4n) is 3.68. The molecule has 0 bridgehead atoms. The number of rotatable bonds is 7. The van der Waals surface area contributed by atoms with Crippen LogP contribution < -0.4 is 15.4 Å². The SMILES string of the molecule is CN=C(NCc1cnn(C)c1)NCC(c1ccc(OC)cc1)N1CCCCC1. The summed E-state index contributed by atoms with van der Waals surface area (Å²) in [5, 5.41) is 11.1. The van der Waals surface area contributed by atoms with E-state index in [1.54, 1.807) is 7.11 Å². The number of nitrogens with zero attached hydrogens (tertiary/aromatic N) is 4. The Balaban J connectivity index is 1.63. The van der Waals surface area contributed by atoms with Gasteiger partial charge in [-0.05, 0) is 43.6 Å². The molecule has 1 aromatic carbocycles. The van der Waals surface area contributed by atoms with E-state index in [-0.39, 0.29) is 0 Å². The number of aromatic nitrogens is 2. The van der Waals surface area contributed by atoms with E-state index in [0.29, 0.717) is 12.6 Å². The predicted molar refractivity (Wildman–Crippen MR) is 113 cm³/mol. The molecular formula is C21H32N6O. The van der Waals surface area contributed by atoms with Crippen molar-refractivity contribution in [3.63, 3.8) is 0 Å². The topological polar surface area (TPSA) is 66.7 Å². The number of benzene rings is 1. The molecule has 0 aliphatic carbocycles. The number of guanidine groups is 1. The zero-order valence-electron chi connectivity index (χ0n) is 17.2. The van der Waals surface area contributed by atoms with Crippen molar-refractivity contribution >= 4 is 5.96 Å². The first-order valence-corrected chi connectivity index (χ1v) is 9.99. The summed E-state index contributed by atoms with van der Waals surface area (Å²) < 4.78 is 7.13. The third-order valence-electron chi connectivity index (χ3n) is 5.24. The van der Waals surface area contributed by atoms with E-state index in [1.807, 2.05) is 43.3 Å². The molecule has 1 unspecified atom stereocenters. The Bertz CT molecular complexity index is 749. The Morgan fingerprint density at radius 2 is 1.93 bits per heavy atom. The number of piperidine rings is 1. The predicted octanol–water partition coefficient (Wildman–Crippen LogP) is 2.32. The van der Waals surface area contributed by atoms with Crippen LogP contribution >= 0.6 is 0 Å². The molecule has 28 heavy (non-hydrogen) atoms. The number of hydrogen-bond donors (Lipinski definition) is 2. The van der Waals surface area contributed by atoms with Crippen LogP contribution in [-0.4, -0.2) is 54.4 Å². The molecule has 2 N–H and O–H groups in total. The van der Waals surface area contributed by atoms with Crippen LogP contribution in [-0.2, 0) is 13.6 Å². The standard InChI is InChI=1S/C21H32N6O/c1-22-21(23-13-17-14-25-26(2)16-17)24-15-20(27-11-5-4-6-12-27)18-7-9-19(28-3)10-8-18/h7-10,14,16,20H,4-6,11-13,15H2,1-3H3,(H2,22,23,24). The second kappa shape index (κ2) is 10.1. The summed E-state index contributed by atoms with van der Waals surface area (Å²) in [4.78, 5) is 6.95. The maximum atomic E-state index is 5.32. The molecule has 1 saturated heterocycles. The number of aliphatic imine (C=N–C) groups is 1. The highest BCUT2D eigenvalue weighted by atomic mass is 16.5. The molecule has 1 aliphatic heterocycles. The highest BCUT2D eigenvalue weighted by Gasteiger charge is 2.22. The first kappa shape index (κ1) is 20.2. The van der Waals surface area contributed by atoms with E-state index in [0.717, 1.165) is 36.9 Å². The molecule has 0 spiro atoms. The Hall–Kier alpha value is -2.54. The molecule has 0 radical (unpaired) electrons. The molecular weight excluding hydrogens is 352 g/mol. The normalized spacial score (nSPS) is 16.6. The van der Waals surface area contributed by atoms with Crippen LogP contribution in [0.1, 0.15) is 36.4 Å². The first-order chi connectivity index (χ1) is 13.7. The average Bonchev–Trinajstić information content (AvgIpc) is 3.16. The lowest BCUT2D eigenvalue weighted by Gasteiger charge is -2.35. The van der Waals surface area contributed by atoms with Crippen molar-refractivity contribution in [1.29, 1.82) is 0 Å². The Morgan fingerprint density at radius 3 is 2.54 bits per heavy atom. The summed E-state index contributed by atoms with van der Waals surface area (Å²) >= 11 is 0. The molecule has 2 heterocycles. The van der Waals surface area contributed by atoms with E-state index in [4.69, 9.17) is 4.74 Å². The van der Waals surface area contributed by atoms with Gasteiger partial charge in [0.1, 0.15) is 5.75 Å². The quantitative estimate of drug-likeness (QED) is 0.567.